The lowest BCUT2D eigenvalue weighted by atomic mass is 10.2. The number of nitrogens with one attached hydrogen (secondary N) is 2. The molecule has 32 heavy (non-hydrogen) atoms. The van der Waals surface area contributed by atoms with Crippen LogP contribution in [0.2, 0.25) is 0 Å². The summed E-state index contributed by atoms with van der Waals surface area (Å²) in [5, 5.41) is 11.9. The molecule has 0 bridgehead atoms. The van der Waals surface area contributed by atoms with Gasteiger partial charge < -0.3 is 14.8 Å². The average Bonchev–Trinajstić information content (AvgIpc) is 3.20. The van der Waals surface area contributed by atoms with Crippen LogP contribution in [0.25, 0.3) is 0 Å². The molecule has 1 aromatic heterocycles. The van der Waals surface area contributed by atoms with Crippen LogP contribution >= 0.6 is 0 Å². The number of hydrogen-bond donors (Lipinski definition) is 3. The Bertz CT molecular complexity index is 1270. The number of carboxylic acid groups (broad SMARTS) is 1. The summed E-state index contributed by atoms with van der Waals surface area (Å²) in [4.78, 5) is 27.3. The molecule has 1 atom stereocenters. The molecule has 0 aliphatic carbocycles. The number of carboxylic acids is 1. The van der Waals surface area contributed by atoms with Gasteiger partial charge in [-0.3, -0.25) is 9.59 Å². The van der Waals surface area contributed by atoms with Crippen LogP contribution in [-0.2, 0) is 14.8 Å². The highest BCUT2D eigenvalue weighted by molar-refractivity contribution is 7.89. The number of carbonyl (C=O) groups excluding carboxylic acids is 1. The Labute approximate surface area is 184 Å². The van der Waals surface area contributed by atoms with Crippen molar-refractivity contribution >= 4 is 27.6 Å². The maximum Gasteiger partial charge on any atom is 0.322 e. The summed E-state index contributed by atoms with van der Waals surface area (Å²) in [6.45, 7) is 1.67. The molecule has 0 spiro atoms. The highest BCUT2D eigenvalue weighted by Gasteiger charge is 2.25. The van der Waals surface area contributed by atoms with Gasteiger partial charge in [-0.05, 0) is 43.3 Å². The molecule has 9 nitrogen and oxygen atoms in total. The van der Waals surface area contributed by atoms with Crippen molar-refractivity contribution in [3.63, 3.8) is 0 Å². The van der Waals surface area contributed by atoms with Crippen LogP contribution in [0, 0.1) is 18.8 Å². The first-order valence-corrected chi connectivity index (χ1v) is 10.9. The molecule has 1 unspecified atom stereocenters. The molecular weight excluding hydrogens is 434 g/mol. The summed E-state index contributed by atoms with van der Waals surface area (Å²) < 4.78 is 32.4. The topological polar surface area (TPSA) is 139 Å². The molecule has 0 radical (unpaired) electrons. The van der Waals surface area contributed by atoms with Gasteiger partial charge in [-0.2, -0.15) is 4.72 Å². The Morgan fingerprint density at radius 1 is 1.12 bits per heavy atom. The van der Waals surface area contributed by atoms with Gasteiger partial charge in [0, 0.05) is 17.7 Å². The summed E-state index contributed by atoms with van der Waals surface area (Å²) in [7, 11) is -4.14. The van der Waals surface area contributed by atoms with Crippen molar-refractivity contribution in [2.24, 2.45) is 0 Å². The Kier molecular flexibility index (Phi) is 7.04. The summed E-state index contributed by atoms with van der Waals surface area (Å²) in [5.74, 6) is 3.42. The minimum atomic E-state index is -4.14. The lowest BCUT2D eigenvalue weighted by Crippen LogP contribution is -2.40. The average molecular weight is 453 g/mol. The molecule has 0 aliphatic rings. The van der Waals surface area contributed by atoms with Gasteiger partial charge >= 0.3 is 11.9 Å². The number of amides is 1. The summed E-state index contributed by atoms with van der Waals surface area (Å²) in [6.07, 6.45) is 1.12. The number of oxazole rings is 1. The fraction of sp³-hybridized carbons (Fsp3) is 0.136. The van der Waals surface area contributed by atoms with Gasteiger partial charge in [0.05, 0.1) is 10.6 Å². The van der Waals surface area contributed by atoms with Gasteiger partial charge in [0.2, 0.25) is 10.0 Å². The third-order valence-electron chi connectivity index (χ3n) is 4.14. The highest BCUT2D eigenvalue weighted by Crippen LogP contribution is 2.16. The zero-order valence-corrected chi connectivity index (χ0v) is 17.7. The standard InChI is InChI=1S/C22H19N3O6S/c1-15-14-31-21(23-15)20(26)24-17-10-12-18(13-11-17)32(29,30)25-19(22(27)28)9-5-8-16-6-3-2-4-7-16/h2-4,6-7,10-14,19,25H,9H2,1H3,(H,24,26)(H,27,28). The summed E-state index contributed by atoms with van der Waals surface area (Å²) in [6, 6.07) is 12.7. The largest absolute Gasteiger partial charge is 0.480 e. The first-order valence-electron chi connectivity index (χ1n) is 9.37. The number of anilines is 1. The zero-order valence-electron chi connectivity index (χ0n) is 16.9. The van der Waals surface area contributed by atoms with Crippen LogP contribution in [0.15, 0.2) is 70.2 Å². The highest BCUT2D eigenvalue weighted by atomic mass is 32.2. The molecule has 2 aromatic carbocycles. The smallest absolute Gasteiger partial charge is 0.322 e. The Hall–Kier alpha value is -3.94. The second-order valence-electron chi connectivity index (χ2n) is 6.66. The molecule has 3 aromatic rings. The van der Waals surface area contributed by atoms with Crippen molar-refractivity contribution in [3.8, 4) is 11.8 Å². The zero-order chi connectivity index (χ0) is 23.1. The van der Waals surface area contributed by atoms with Crippen LogP contribution in [0.3, 0.4) is 0 Å². The minimum Gasteiger partial charge on any atom is -0.480 e. The van der Waals surface area contributed by atoms with E-state index in [2.05, 4.69) is 26.9 Å². The van der Waals surface area contributed by atoms with E-state index >= 15 is 0 Å². The van der Waals surface area contributed by atoms with E-state index in [0.29, 0.717) is 16.9 Å². The number of benzene rings is 2. The molecule has 1 amide bonds. The second kappa shape index (κ2) is 9.91. The number of sulfonamides is 1. The molecule has 0 saturated heterocycles. The third-order valence-corrected chi connectivity index (χ3v) is 5.63. The van der Waals surface area contributed by atoms with Gasteiger partial charge in [-0.1, -0.05) is 30.0 Å². The van der Waals surface area contributed by atoms with Gasteiger partial charge in [0.15, 0.2) is 0 Å². The third kappa shape index (κ3) is 6.04. The van der Waals surface area contributed by atoms with E-state index in [-0.39, 0.29) is 17.2 Å². The number of rotatable bonds is 7. The second-order valence-corrected chi connectivity index (χ2v) is 8.37. The van der Waals surface area contributed by atoms with Crippen LogP contribution < -0.4 is 10.0 Å². The van der Waals surface area contributed by atoms with Gasteiger partial charge in [0.1, 0.15) is 12.3 Å². The van der Waals surface area contributed by atoms with E-state index in [9.17, 15) is 23.1 Å². The molecule has 0 fully saturated rings. The van der Waals surface area contributed by atoms with E-state index < -0.39 is 27.9 Å². The number of aromatic nitrogens is 1. The predicted octanol–water partition coefficient (Wildman–Crippen LogP) is 2.41. The first kappa shape index (κ1) is 22.7. The molecule has 0 saturated carbocycles. The van der Waals surface area contributed by atoms with E-state index in [1.807, 2.05) is 6.07 Å². The lowest BCUT2D eigenvalue weighted by Gasteiger charge is -2.13. The first-order chi connectivity index (χ1) is 15.2. The molecule has 1 heterocycles. The SMILES string of the molecule is Cc1coc(C(=O)Nc2ccc(S(=O)(=O)NC(CC#Cc3ccccc3)C(=O)O)cc2)n1. The normalized spacial score (nSPS) is 11.8. The molecule has 3 rings (SSSR count). The monoisotopic (exact) mass is 453 g/mol. The fourth-order valence-corrected chi connectivity index (χ4v) is 3.76. The van der Waals surface area contributed by atoms with Crippen molar-refractivity contribution in [3.05, 3.63) is 78.0 Å². The number of aryl methyl sites for hydroxylation is 1. The minimum absolute atomic E-state index is 0.123. The van der Waals surface area contributed by atoms with Crippen LogP contribution in [-0.4, -0.2) is 36.4 Å². The van der Waals surface area contributed by atoms with Gasteiger partial charge in [-0.15, -0.1) is 0 Å². The van der Waals surface area contributed by atoms with Crippen molar-refractivity contribution in [1.29, 1.82) is 0 Å². The molecular formula is C22H19N3O6S. The Balaban J connectivity index is 1.67. The van der Waals surface area contributed by atoms with E-state index in [0.717, 1.165) is 0 Å². The number of hydrogen-bond acceptors (Lipinski definition) is 6. The number of aliphatic carboxylic acids is 1. The predicted molar refractivity (Wildman–Crippen MR) is 115 cm³/mol. The van der Waals surface area contributed by atoms with Crippen molar-refractivity contribution in [2.75, 3.05) is 5.32 Å². The van der Waals surface area contributed by atoms with Gasteiger partial charge in [-0.25, -0.2) is 13.4 Å². The van der Waals surface area contributed by atoms with Crippen molar-refractivity contribution in [1.82, 2.24) is 9.71 Å². The maximum atomic E-state index is 12.6. The van der Waals surface area contributed by atoms with Crippen LogP contribution in [0.1, 0.15) is 28.4 Å². The summed E-state index contributed by atoms with van der Waals surface area (Å²) in [5.41, 5.74) is 1.55. The fourth-order valence-electron chi connectivity index (χ4n) is 2.57. The molecule has 0 aliphatic heterocycles. The lowest BCUT2D eigenvalue weighted by molar-refractivity contribution is -0.138. The summed E-state index contributed by atoms with van der Waals surface area (Å²) >= 11 is 0. The van der Waals surface area contributed by atoms with Crippen LogP contribution in [0.4, 0.5) is 5.69 Å². The quantitative estimate of drug-likeness (QED) is 0.467. The molecule has 164 valence electrons. The van der Waals surface area contributed by atoms with Crippen LogP contribution in [0.5, 0.6) is 0 Å². The number of carbonyl (C=O) groups is 2. The van der Waals surface area contributed by atoms with E-state index in [1.54, 1.807) is 31.2 Å². The van der Waals surface area contributed by atoms with Crippen molar-refractivity contribution < 1.29 is 27.5 Å². The molecule has 3 N–H and O–H groups in total. The van der Waals surface area contributed by atoms with E-state index in [4.69, 9.17) is 4.42 Å². The maximum absolute atomic E-state index is 12.6. The number of nitrogens with zero attached hydrogens (tertiary/aromatic N) is 1. The Morgan fingerprint density at radius 2 is 1.81 bits per heavy atom. The molecule has 10 heteroatoms. The Morgan fingerprint density at radius 3 is 2.41 bits per heavy atom. The van der Waals surface area contributed by atoms with E-state index in [1.165, 1.54) is 30.5 Å². The van der Waals surface area contributed by atoms with Crippen molar-refractivity contribution in [2.45, 2.75) is 24.3 Å². The van der Waals surface area contributed by atoms with Gasteiger partial charge in [0.25, 0.3) is 5.89 Å².